The van der Waals surface area contributed by atoms with Crippen molar-refractivity contribution in [3.8, 4) is 11.5 Å². The van der Waals surface area contributed by atoms with Gasteiger partial charge in [0.15, 0.2) is 0 Å². The Hall–Kier alpha value is -2.45. The van der Waals surface area contributed by atoms with E-state index in [1.54, 1.807) is 12.1 Å². The molecule has 1 aromatic carbocycles. The molecule has 2 aromatic rings. The van der Waals surface area contributed by atoms with E-state index in [1.807, 2.05) is 30.9 Å². The number of halogens is 1. The van der Waals surface area contributed by atoms with E-state index >= 15 is 0 Å². The largest absolute Gasteiger partial charge is 0.419 e. The number of benzene rings is 1. The molecule has 2 aliphatic rings. The fraction of sp³-hybridized carbons (Fsp3) is 0.583. The van der Waals surface area contributed by atoms with Gasteiger partial charge >= 0.3 is 6.03 Å². The maximum absolute atomic E-state index is 13.5. The van der Waals surface area contributed by atoms with Gasteiger partial charge in [-0.1, -0.05) is 32.4 Å². The van der Waals surface area contributed by atoms with Gasteiger partial charge in [-0.2, -0.15) is 0 Å². The summed E-state index contributed by atoms with van der Waals surface area (Å²) in [5, 5.41) is 12.0. The lowest BCUT2D eigenvalue weighted by Crippen LogP contribution is -2.54. The number of nitrogens with zero attached hydrogens (tertiary/aromatic N) is 4. The van der Waals surface area contributed by atoms with Crippen LogP contribution in [0.2, 0.25) is 5.02 Å². The van der Waals surface area contributed by atoms with Crippen molar-refractivity contribution in [2.45, 2.75) is 72.0 Å². The molecule has 3 amide bonds. The minimum absolute atomic E-state index is 0.00379. The van der Waals surface area contributed by atoms with Gasteiger partial charge in [0, 0.05) is 16.6 Å². The van der Waals surface area contributed by atoms with Crippen LogP contribution in [0.15, 0.2) is 28.7 Å². The van der Waals surface area contributed by atoms with E-state index in [2.05, 4.69) is 36.3 Å². The monoisotopic (exact) mass is 473 g/mol. The van der Waals surface area contributed by atoms with Gasteiger partial charge in [0.25, 0.3) is 5.91 Å². The van der Waals surface area contributed by atoms with Crippen molar-refractivity contribution >= 4 is 23.5 Å². The van der Waals surface area contributed by atoms with E-state index in [0.717, 1.165) is 12.0 Å². The van der Waals surface area contributed by atoms with Crippen LogP contribution in [-0.2, 0) is 11.3 Å². The number of imide groups is 1. The lowest BCUT2D eigenvalue weighted by atomic mass is 9.64. The van der Waals surface area contributed by atoms with Gasteiger partial charge in [0.05, 0.1) is 13.2 Å². The first kappa shape index (κ1) is 23.7. The molecule has 33 heavy (non-hydrogen) atoms. The molecule has 1 spiro atoms. The number of carbonyl (C=O) groups is 2. The smallest absolute Gasteiger partial charge is 0.326 e. The lowest BCUT2D eigenvalue weighted by Gasteiger charge is -2.44. The minimum atomic E-state index is -0.812. The highest BCUT2D eigenvalue weighted by Crippen LogP contribution is 2.46. The Morgan fingerprint density at radius 1 is 1.21 bits per heavy atom. The van der Waals surface area contributed by atoms with E-state index in [0.29, 0.717) is 42.1 Å². The van der Waals surface area contributed by atoms with Crippen LogP contribution in [0.25, 0.3) is 11.5 Å². The number of nitrogens with one attached hydrogen (secondary N) is 1. The van der Waals surface area contributed by atoms with E-state index in [9.17, 15) is 9.59 Å². The zero-order chi connectivity index (χ0) is 24.0. The van der Waals surface area contributed by atoms with E-state index in [1.165, 1.54) is 4.90 Å². The molecular weight excluding hydrogens is 442 g/mol. The molecule has 1 aliphatic heterocycles. The van der Waals surface area contributed by atoms with Crippen LogP contribution in [0.4, 0.5) is 4.79 Å². The third kappa shape index (κ3) is 4.92. The molecule has 1 saturated heterocycles. The SMILES string of the molecule is CC(C)N(Cc1nnc(-c2ccc(Cl)cc2)o1)CN1C(=O)N[C@@]2(C[C@H](C)CC(C)(C)C2)C1=O. The summed E-state index contributed by atoms with van der Waals surface area (Å²) in [5.74, 6) is 1.05. The lowest BCUT2D eigenvalue weighted by molar-refractivity contribution is -0.136. The first-order valence-electron chi connectivity index (χ1n) is 11.4. The van der Waals surface area contributed by atoms with E-state index in [-0.39, 0.29) is 30.1 Å². The summed E-state index contributed by atoms with van der Waals surface area (Å²) in [7, 11) is 0. The molecule has 1 saturated carbocycles. The fourth-order valence-corrected chi connectivity index (χ4v) is 5.54. The van der Waals surface area contributed by atoms with Crippen LogP contribution in [0.1, 0.15) is 59.8 Å². The zero-order valence-corrected chi connectivity index (χ0v) is 20.6. The molecule has 1 N–H and O–H groups in total. The van der Waals surface area contributed by atoms with Gasteiger partial charge in [-0.05, 0) is 68.7 Å². The van der Waals surface area contributed by atoms with Gasteiger partial charge < -0.3 is 9.73 Å². The highest BCUT2D eigenvalue weighted by atomic mass is 35.5. The third-order valence-corrected chi connectivity index (χ3v) is 6.83. The van der Waals surface area contributed by atoms with Crippen molar-refractivity contribution in [2.24, 2.45) is 11.3 Å². The maximum Gasteiger partial charge on any atom is 0.326 e. The third-order valence-electron chi connectivity index (χ3n) is 6.57. The van der Waals surface area contributed by atoms with Crippen molar-refractivity contribution in [3.05, 3.63) is 35.2 Å². The number of aromatic nitrogens is 2. The number of amides is 3. The van der Waals surface area contributed by atoms with Crippen LogP contribution < -0.4 is 5.32 Å². The Kier molecular flexibility index (Phi) is 6.26. The highest BCUT2D eigenvalue weighted by molar-refractivity contribution is 6.30. The molecule has 8 nitrogen and oxygen atoms in total. The second-order valence-corrected chi connectivity index (χ2v) is 11.0. The fourth-order valence-electron chi connectivity index (χ4n) is 5.41. The Morgan fingerprint density at radius 3 is 2.55 bits per heavy atom. The van der Waals surface area contributed by atoms with Crippen molar-refractivity contribution in [2.75, 3.05) is 6.67 Å². The Labute approximate surface area is 199 Å². The molecule has 1 aromatic heterocycles. The predicted octanol–water partition coefficient (Wildman–Crippen LogP) is 4.69. The highest BCUT2D eigenvalue weighted by Gasteiger charge is 2.56. The molecule has 0 radical (unpaired) electrons. The summed E-state index contributed by atoms with van der Waals surface area (Å²) < 4.78 is 5.85. The van der Waals surface area contributed by atoms with Crippen LogP contribution in [0.5, 0.6) is 0 Å². The molecular formula is C24H32ClN5O3. The maximum atomic E-state index is 13.5. The number of carbonyl (C=O) groups excluding carboxylic acids is 2. The van der Waals surface area contributed by atoms with Crippen molar-refractivity contribution in [1.29, 1.82) is 0 Å². The summed E-state index contributed by atoms with van der Waals surface area (Å²) in [6.45, 7) is 11.0. The molecule has 1 aliphatic carbocycles. The summed E-state index contributed by atoms with van der Waals surface area (Å²) in [4.78, 5) is 29.7. The van der Waals surface area contributed by atoms with E-state index in [4.69, 9.17) is 16.0 Å². The minimum Gasteiger partial charge on any atom is -0.419 e. The number of urea groups is 1. The van der Waals surface area contributed by atoms with Crippen molar-refractivity contribution in [1.82, 2.24) is 25.3 Å². The molecule has 2 fully saturated rings. The van der Waals surface area contributed by atoms with Gasteiger partial charge in [-0.15, -0.1) is 10.2 Å². The van der Waals surface area contributed by atoms with E-state index < -0.39 is 5.54 Å². The number of rotatable bonds is 6. The molecule has 2 heterocycles. The van der Waals surface area contributed by atoms with Crippen molar-refractivity contribution < 1.29 is 14.0 Å². The van der Waals surface area contributed by atoms with Gasteiger partial charge in [0.1, 0.15) is 5.54 Å². The van der Waals surface area contributed by atoms with Crippen molar-refractivity contribution in [3.63, 3.8) is 0 Å². The van der Waals surface area contributed by atoms with Crippen LogP contribution in [-0.4, -0.2) is 50.2 Å². The van der Waals surface area contributed by atoms with Crippen LogP contribution >= 0.6 is 11.6 Å². The first-order chi connectivity index (χ1) is 15.5. The average Bonchev–Trinajstić information content (AvgIpc) is 3.25. The number of hydrogen-bond acceptors (Lipinski definition) is 6. The predicted molar refractivity (Wildman–Crippen MR) is 125 cm³/mol. The normalized spacial score (nSPS) is 24.8. The Balaban J connectivity index is 1.49. The topological polar surface area (TPSA) is 91.6 Å². The molecule has 0 unspecified atom stereocenters. The van der Waals surface area contributed by atoms with Gasteiger partial charge in [-0.3, -0.25) is 9.69 Å². The summed E-state index contributed by atoms with van der Waals surface area (Å²) in [5.41, 5.74) is -0.0390. The van der Waals surface area contributed by atoms with Gasteiger partial charge in [0.2, 0.25) is 11.8 Å². The van der Waals surface area contributed by atoms with Gasteiger partial charge in [-0.25, -0.2) is 9.69 Å². The molecule has 4 rings (SSSR count). The quantitative estimate of drug-likeness (QED) is 0.611. The second kappa shape index (κ2) is 8.72. The number of hydrogen-bond donors (Lipinski definition) is 1. The summed E-state index contributed by atoms with van der Waals surface area (Å²) >= 11 is 5.95. The second-order valence-electron chi connectivity index (χ2n) is 10.6. The zero-order valence-electron chi connectivity index (χ0n) is 19.9. The molecule has 2 atom stereocenters. The Bertz CT molecular complexity index is 1030. The molecule has 9 heteroatoms. The molecule has 178 valence electrons. The summed E-state index contributed by atoms with van der Waals surface area (Å²) in [6.07, 6.45) is 2.37. The molecule has 0 bridgehead atoms. The van der Waals surface area contributed by atoms with Crippen LogP contribution in [0.3, 0.4) is 0 Å². The first-order valence-corrected chi connectivity index (χ1v) is 11.8. The van der Waals surface area contributed by atoms with Crippen LogP contribution in [0, 0.1) is 11.3 Å². The Morgan fingerprint density at radius 2 is 1.91 bits per heavy atom. The average molecular weight is 474 g/mol. The summed E-state index contributed by atoms with van der Waals surface area (Å²) in [6, 6.07) is 6.89. The standard InChI is InChI=1S/C24H32ClN5O3/c1-15(2)29(12-19-27-28-20(33-19)17-6-8-18(25)9-7-17)14-30-21(31)24(26-22(30)32)11-16(3)10-23(4,5)13-24/h6-9,15-16H,10-14H2,1-5H3,(H,26,32)/t16-,24-/m1/s1.